The highest BCUT2D eigenvalue weighted by Crippen LogP contribution is 2.24. The maximum absolute atomic E-state index is 13.4. The van der Waals surface area contributed by atoms with Crippen LogP contribution in [0.25, 0.3) is 0 Å². The third-order valence-electron chi connectivity index (χ3n) is 3.69. The van der Waals surface area contributed by atoms with Gasteiger partial charge in [-0.15, -0.1) is 0 Å². The highest BCUT2D eigenvalue weighted by atomic mass is 19.2. The summed E-state index contributed by atoms with van der Waals surface area (Å²) in [6.07, 6.45) is 2.79. The molecule has 2 N–H and O–H groups in total. The number of carboxylic acids is 1. The molecule has 19 heavy (non-hydrogen) atoms. The van der Waals surface area contributed by atoms with E-state index in [9.17, 15) is 13.6 Å². The van der Waals surface area contributed by atoms with Crippen LogP contribution in [-0.4, -0.2) is 17.1 Å². The molecule has 3 nitrogen and oxygen atoms in total. The van der Waals surface area contributed by atoms with E-state index in [0.717, 1.165) is 18.9 Å². The van der Waals surface area contributed by atoms with Gasteiger partial charge < -0.3 is 10.4 Å². The smallest absolute Gasteiger partial charge is 0.306 e. The van der Waals surface area contributed by atoms with Crippen LogP contribution in [-0.2, 0) is 11.3 Å². The molecule has 1 saturated carbocycles. The van der Waals surface area contributed by atoms with Gasteiger partial charge in [0.2, 0.25) is 0 Å². The number of aliphatic carboxylic acids is 1. The summed E-state index contributed by atoms with van der Waals surface area (Å²) >= 11 is 0. The van der Waals surface area contributed by atoms with Gasteiger partial charge in [-0.1, -0.05) is 12.1 Å². The van der Waals surface area contributed by atoms with Gasteiger partial charge in [-0.2, -0.15) is 0 Å². The zero-order valence-electron chi connectivity index (χ0n) is 10.5. The second-order valence-electron chi connectivity index (χ2n) is 4.98. The summed E-state index contributed by atoms with van der Waals surface area (Å²) in [4.78, 5) is 10.8. The van der Waals surface area contributed by atoms with Gasteiger partial charge in [0.15, 0.2) is 11.6 Å². The minimum atomic E-state index is -0.839. The Morgan fingerprint density at radius 2 is 1.95 bits per heavy atom. The number of hydrogen-bond acceptors (Lipinski definition) is 2. The van der Waals surface area contributed by atoms with Crippen LogP contribution in [0, 0.1) is 17.6 Å². The first kappa shape index (κ1) is 13.9. The van der Waals surface area contributed by atoms with Crippen molar-refractivity contribution in [2.45, 2.75) is 38.3 Å². The molecule has 0 radical (unpaired) electrons. The van der Waals surface area contributed by atoms with E-state index in [1.54, 1.807) is 6.07 Å². The Balaban J connectivity index is 1.84. The quantitative estimate of drug-likeness (QED) is 0.883. The molecule has 1 aliphatic carbocycles. The van der Waals surface area contributed by atoms with E-state index >= 15 is 0 Å². The fourth-order valence-electron chi connectivity index (χ4n) is 2.48. The lowest BCUT2D eigenvalue weighted by Crippen LogP contribution is -2.34. The van der Waals surface area contributed by atoms with Crippen LogP contribution in [0.2, 0.25) is 0 Å². The second kappa shape index (κ2) is 6.10. The fraction of sp³-hybridized carbons (Fsp3) is 0.500. The molecule has 2 rings (SSSR count). The number of rotatable bonds is 4. The van der Waals surface area contributed by atoms with Crippen LogP contribution < -0.4 is 5.32 Å². The molecule has 0 saturated heterocycles. The highest BCUT2D eigenvalue weighted by molar-refractivity contribution is 5.70. The van der Waals surface area contributed by atoms with Crippen molar-refractivity contribution in [3.63, 3.8) is 0 Å². The third-order valence-corrected chi connectivity index (χ3v) is 3.69. The van der Waals surface area contributed by atoms with Gasteiger partial charge in [0.25, 0.3) is 0 Å². The van der Waals surface area contributed by atoms with Gasteiger partial charge in [0.05, 0.1) is 5.92 Å². The standard InChI is InChI=1S/C14H17F2NO2/c15-12-3-1-2-10(13(12)16)8-17-11-6-4-9(5-7-11)14(18)19/h1-3,9,11,17H,4-8H2,(H,18,19). The molecule has 0 heterocycles. The Kier molecular flexibility index (Phi) is 4.47. The first-order valence-electron chi connectivity index (χ1n) is 6.47. The van der Waals surface area contributed by atoms with E-state index in [-0.39, 0.29) is 18.5 Å². The molecule has 0 aliphatic heterocycles. The highest BCUT2D eigenvalue weighted by Gasteiger charge is 2.25. The van der Waals surface area contributed by atoms with Gasteiger partial charge >= 0.3 is 5.97 Å². The second-order valence-corrected chi connectivity index (χ2v) is 4.98. The van der Waals surface area contributed by atoms with Crippen molar-refractivity contribution < 1.29 is 18.7 Å². The lowest BCUT2D eigenvalue weighted by atomic mass is 9.86. The third kappa shape index (κ3) is 3.50. The lowest BCUT2D eigenvalue weighted by molar-refractivity contribution is -0.142. The van der Waals surface area contributed by atoms with E-state index in [1.807, 2.05) is 0 Å². The molecule has 0 atom stereocenters. The van der Waals surface area contributed by atoms with Crippen molar-refractivity contribution in [2.24, 2.45) is 5.92 Å². The van der Waals surface area contributed by atoms with E-state index in [1.165, 1.54) is 6.07 Å². The van der Waals surface area contributed by atoms with Crippen molar-refractivity contribution in [3.05, 3.63) is 35.4 Å². The molecule has 1 fully saturated rings. The maximum atomic E-state index is 13.4. The van der Waals surface area contributed by atoms with Crippen LogP contribution in [0.4, 0.5) is 8.78 Å². The van der Waals surface area contributed by atoms with Crippen LogP contribution in [0.1, 0.15) is 31.2 Å². The summed E-state index contributed by atoms with van der Waals surface area (Å²) in [5.74, 6) is -2.65. The molecule has 1 aromatic rings. The minimum Gasteiger partial charge on any atom is -0.481 e. The zero-order chi connectivity index (χ0) is 13.8. The SMILES string of the molecule is O=C(O)C1CCC(NCc2cccc(F)c2F)CC1. The number of hydrogen-bond donors (Lipinski definition) is 2. The van der Waals surface area contributed by atoms with E-state index in [4.69, 9.17) is 5.11 Å². The molecular weight excluding hydrogens is 252 g/mol. The van der Waals surface area contributed by atoms with Crippen molar-refractivity contribution in [1.29, 1.82) is 0 Å². The predicted molar refractivity (Wildman–Crippen MR) is 66.6 cm³/mol. The van der Waals surface area contributed by atoms with Gasteiger partial charge in [0.1, 0.15) is 0 Å². The van der Waals surface area contributed by atoms with Crippen LogP contribution in [0.5, 0.6) is 0 Å². The van der Waals surface area contributed by atoms with Crippen molar-refractivity contribution in [1.82, 2.24) is 5.32 Å². The first-order valence-corrected chi connectivity index (χ1v) is 6.47. The number of carbonyl (C=O) groups is 1. The molecule has 1 aromatic carbocycles. The van der Waals surface area contributed by atoms with E-state index in [2.05, 4.69) is 5.32 Å². The zero-order valence-corrected chi connectivity index (χ0v) is 10.5. The first-order chi connectivity index (χ1) is 9.08. The summed E-state index contributed by atoms with van der Waals surface area (Å²) in [5.41, 5.74) is 0.306. The minimum absolute atomic E-state index is 0.179. The fourth-order valence-corrected chi connectivity index (χ4v) is 2.48. The molecule has 5 heteroatoms. The Morgan fingerprint density at radius 1 is 1.26 bits per heavy atom. The van der Waals surface area contributed by atoms with Crippen molar-refractivity contribution >= 4 is 5.97 Å². The summed E-state index contributed by atoms with van der Waals surface area (Å²) in [6.45, 7) is 0.270. The molecule has 0 amide bonds. The lowest BCUT2D eigenvalue weighted by Gasteiger charge is -2.27. The molecule has 0 unspecified atom stereocenters. The van der Waals surface area contributed by atoms with Gasteiger partial charge in [-0.3, -0.25) is 4.79 Å². The average molecular weight is 269 g/mol. The largest absolute Gasteiger partial charge is 0.481 e. The van der Waals surface area contributed by atoms with Gasteiger partial charge in [0, 0.05) is 18.2 Å². The van der Waals surface area contributed by atoms with Crippen LogP contribution in [0.3, 0.4) is 0 Å². The van der Waals surface area contributed by atoms with Gasteiger partial charge in [-0.25, -0.2) is 8.78 Å². The Morgan fingerprint density at radius 3 is 2.58 bits per heavy atom. The Labute approximate surface area is 110 Å². The molecule has 0 bridgehead atoms. The summed E-state index contributed by atoms with van der Waals surface area (Å²) in [6, 6.07) is 4.31. The van der Waals surface area contributed by atoms with Crippen LogP contribution in [0.15, 0.2) is 18.2 Å². The molecule has 104 valence electrons. The summed E-state index contributed by atoms with van der Waals surface area (Å²) < 4.78 is 26.4. The van der Waals surface area contributed by atoms with Crippen molar-refractivity contribution in [3.8, 4) is 0 Å². The monoisotopic (exact) mass is 269 g/mol. The summed E-state index contributed by atoms with van der Waals surface area (Å²) in [7, 11) is 0. The van der Waals surface area contributed by atoms with Gasteiger partial charge in [-0.05, 0) is 31.7 Å². The topological polar surface area (TPSA) is 49.3 Å². The Hall–Kier alpha value is -1.49. The Bertz CT molecular complexity index is 457. The summed E-state index contributed by atoms with van der Waals surface area (Å²) in [5, 5.41) is 12.1. The maximum Gasteiger partial charge on any atom is 0.306 e. The van der Waals surface area contributed by atoms with Crippen molar-refractivity contribution in [2.75, 3.05) is 0 Å². The molecular formula is C14H17F2NO2. The number of halogens is 2. The number of nitrogens with one attached hydrogen (secondary N) is 1. The van der Waals surface area contributed by atoms with E-state index < -0.39 is 17.6 Å². The normalized spacial score (nSPS) is 23.3. The number of carboxylic acid groups (broad SMARTS) is 1. The average Bonchev–Trinajstić information content (AvgIpc) is 2.41. The van der Waals surface area contributed by atoms with Crippen LogP contribution >= 0.6 is 0 Å². The molecule has 0 spiro atoms. The molecule has 1 aliphatic rings. The number of benzene rings is 1. The predicted octanol–water partition coefficient (Wildman–Crippen LogP) is 2.70. The van der Waals surface area contributed by atoms with E-state index in [0.29, 0.717) is 18.4 Å². The molecule has 0 aromatic heterocycles.